The maximum atomic E-state index is 12.7. The molecule has 1 aliphatic rings. The number of carbonyl (C=O) groups excluding carboxylic acids is 2. The predicted molar refractivity (Wildman–Crippen MR) is 101 cm³/mol. The zero-order valence-electron chi connectivity index (χ0n) is 13.9. The number of halogens is 1. The van der Waals surface area contributed by atoms with Crippen molar-refractivity contribution in [2.24, 2.45) is 5.73 Å². The van der Waals surface area contributed by atoms with E-state index in [2.05, 4.69) is 5.32 Å². The summed E-state index contributed by atoms with van der Waals surface area (Å²) < 4.78 is 0. The minimum Gasteiger partial charge on any atom is -0.340 e. The lowest BCUT2D eigenvalue weighted by molar-refractivity contribution is -0.121. The van der Waals surface area contributed by atoms with Crippen molar-refractivity contribution in [2.45, 2.75) is 25.4 Å². The second-order valence-corrected chi connectivity index (χ2v) is 5.89. The second kappa shape index (κ2) is 8.65. The third-order valence-electron chi connectivity index (χ3n) is 4.26. The van der Waals surface area contributed by atoms with E-state index in [1.54, 1.807) is 17.0 Å². The Morgan fingerprint density at radius 3 is 2.44 bits per heavy atom. The Hall–Kier alpha value is -2.37. The van der Waals surface area contributed by atoms with Crippen LogP contribution in [0.2, 0.25) is 0 Å². The van der Waals surface area contributed by atoms with Crippen molar-refractivity contribution >= 4 is 29.9 Å². The normalized spacial score (nSPS) is 16.9. The average Bonchev–Trinajstić information content (AvgIpc) is 2.64. The van der Waals surface area contributed by atoms with Gasteiger partial charge in [0.05, 0.1) is 0 Å². The minimum absolute atomic E-state index is 0. The molecule has 5 nitrogen and oxygen atoms in total. The van der Waals surface area contributed by atoms with Crippen LogP contribution in [-0.4, -0.2) is 24.4 Å². The number of amides is 2. The van der Waals surface area contributed by atoms with E-state index in [4.69, 9.17) is 5.73 Å². The Morgan fingerprint density at radius 2 is 1.80 bits per heavy atom. The number of benzene rings is 2. The lowest BCUT2D eigenvalue weighted by Gasteiger charge is -2.32. The SMILES string of the molecule is Cl.NCc1ccc(C(=O)NC2CCCN(c3ccccc3)C2=O)cc1. The first kappa shape index (κ1) is 19.0. The zero-order valence-corrected chi connectivity index (χ0v) is 14.7. The van der Waals surface area contributed by atoms with Gasteiger partial charge in [-0.15, -0.1) is 12.4 Å². The van der Waals surface area contributed by atoms with Crippen LogP contribution >= 0.6 is 12.4 Å². The summed E-state index contributed by atoms with van der Waals surface area (Å²) in [5, 5.41) is 2.86. The number of nitrogens with two attached hydrogens (primary N) is 1. The molecule has 0 bridgehead atoms. The van der Waals surface area contributed by atoms with Gasteiger partial charge in [0.1, 0.15) is 6.04 Å². The summed E-state index contributed by atoms with van der Waals surface area (Å²) in [5.41, 5.74) is 7.94. The summed E-state index contributed by atoms with van der Waals surface area (Å²) in [6.07, 6.45) is 1.52. The molecule has 3 rings (SSSR count). The Morgan fingerprint density at radius 1 is 1.12 bits per heavy atom. The van der Waals surface area contributed by atoms with Crippen LogP contribution in [0.5, 0.6) is 0 Å². The Bertz CT molecular complexity index is 719. The molecule has 1 atom stereocenters. The number of anilines is 1. The summed E-state index contributed by atoms with van der Waals surface area (Å²) >= 11 is 0. The van der Waals surface area contributed by atoms with Crippen molar-refractivity contribution in [3.05, 3.63) is 65.7 Å². The van der Waals surface area contributed by atoms with E-state index < -0.39 is 6.04 Å². The molecule has 1 fully saturated rings. The highest BCUT2D eigenvalue weighted by Gasteiger charge is 2.30. The van der Waals surface area contributed by atoms with Crippen molar-refractivity contribution in [3.8, 4) is 0 Å². The van der Waals surface area contributed by atoms with Gasteiger partial charge in [-0.1, -0.05) is 30.3 Å². The van der Waals surface area contributed by atoms with Gasteiger partial charge in [-0.05, 0) is 42.7 Å². The quantitative estimate of drug-likeness (QED) is 0.880. The van der Waals surface area contributed by atoms with Crippen LogP contribution in [0.25, 0.3) is 0 Å². The maximum Gasteiger partial charge on any atom is 0.251 e. The highest BCUT2D eigenvalue weighted by atomic mass is 35.5. The smallest absolute Gasteiger partial charge is 0.251 e. The highest BCUT2D eigenvalue weighted by Crippen LogP contribution is 2.21. The Balaban J connectivity index is 0.00000225. The summed E-state index contributed by atoms with van der Waals surface area (Å²) in [5.74, 6) is -0.286. The van der Waals surface area contributed by atoms with Crippen LogP contribution in [0.1, 0.15) is 28.8 Å². The van der Waals surface area contributed by atoms with E-state index in [-0.39, 0.29) is 24.2 Å². The maximum absolute atomic E-state index is 12.7. The van der Waals surface area contributed by atoms with Crippen molar-refractivity contribution in [1.29, 1.82) is 0 Å². The number of piperidine rings is 1. The molecule has 3 N–H and O–H groups in total. The molecule has 6 heteroatoms. The van der Waals surface area contributed by atoms with Crippen LogP contribution in [0.15, 0.2) is 54.6 Å². The van der Waals surface area contributed by atoms with E-state index in [9.17, 15) is 9.59 Å². The number of nitrogens with zero attached hydrogens (tertiary/aromatic N) is 1. The average molecular weight is 360 g/mol. The predicted octanol–water partition coefficient (Wildman–Crippen LogP) is 2.49. The fourth-order valence-corrected chi connectivity index (χ4v) is 2.91. The van der Waals surface area contributed by atoms with Gasteiger partial charge in [-0.3, -0.25) is 9.59 Å². The lowest BCUT2D eigenvalue weighted by Crippen LogP contribution is -2.52. The second-order valence-electron chi connectivity index (χ2n) is 5.89. The summed E-state index contributed by atoms with van der Waals surface area (Å²) in [4.78, 5) is 26.8. The molecule has 2 aromatic carbocycles. The van der Waals surface area contributed by atoms with E-state index in [0.717, 1.165) is 17.7 Å². The topological polar surface area (TPSA) is 75.4 Å². The van der Waals surface area contributed by atoms with Crippen molar-refractivity contribution < 1.29 is 9.59 Å². The van der Waals surface area contributed by atoms with Crippen molar-refractivity contribution in [3.63, 3.8) is 0 Å². The van der Waals surface area contributed by atoms with Gasteiger partial charge in [-0.25, -0.2) is 0 Å². The summed E-state index contributed by atoms with van der Waals surface area (Å²) in [7, 11) is 0. The first-order valence-electron chi connectivity index (χ1n) is 8.15. The minimum atomic E-state index is -0.486. The molecule has 1 saturated heterocycles. The molecule has 0 spiro atoms. The van der Waals surface area contributed by atoms with Crippen LogP contribution in [-0.2, 0) is 11.3 Å². The van der Waals surface area contributed by atoms with Crippen LogP contribution in [0.4, 0.5) is 5.69 Å². The molecular formula is C19H22ClN3O2. The van der Waals surface area contributed by atoms with Gasteiger partial charge in [0.15, 0.2) is 0 Å². The number of rotatable bonds is 4. The van der Waals surface area contributed by atoms with Crippen LogP contribution in [0, 0.1) is 0 Å². The largest absolute Gasteiger partial charge is 0.340 e. The monoisotopic (exact) mass is 359 g/mol. The van der Waals surface area contributed by atoms with Crippen LogP contribution in [0.3, 0.4) is 0 Å². The van der Waals surface area contributed by atoms with Gasteiger partial charge in [0, 0.05) is 24.3 Å². The third kappa shape index (κ3) is 4.38. The number of nitrogens with one attached hydrogen (secondary N) is 1. The van der Waals surface area contributed by atoms with Gasteiger partial charge in [0.2, 0.25) is 5.91 Å². The van der Waals surface area contributed by atoms with E-state index in [1.807, 2.05) is 42.5 Å². The number of para-hydroxylation sites is 1. The number of hydrogen-bond acceptors (Lipinski definition) is 3. The molecule has 0 radical (unpaired) electrons. The molecule has 2 aromatic rings. The lowest BCUT2D eigenvalue weighted by atomic mass is 10.0. The fourth-order valence-electron chi connectivity index (χ4n) is 2.91. The highest BCUT2D eigenvalue weighted by molar-refractivity contribution is 6.02. The van der Waals surface area contributed by atoms with E-state index >= 15 is 0 Å². The summed E-state index contributed by atoms with van der Waals surface area (Å²) in [6.45, 7) is 1.12. The molecule has 0 aliphatic carbocycles. The van der Waals surface area contributed by atoms with Crippen molar-refractivity contribution in [2.75, 3.05) is 11.4 Å². The fraction of sp³-hybridized carbons (Fsp3) is 0.263. The standard InChI is InChI=1S/C19H21N3O2.ClH/c20-13-14-8-10-15(11-9-14)18(23)21-17-7-4-12-22(19(17)24)16-5-2-1-3-6-16;/h1-3,5-6,8-11,17H,4,7,12-13,20H2,(H,21,23);1H. The first-order valence-corrected chi connectivity index (χ1v) is 8.15. The van der Waals surface area contributed by atoms with Gasteiger partial charge in [0.25, 0.3) is 5.91 Å². The van der Waals surface area contributed by atoms with Gasteiger partial charge in [-0.2, -0.15) is 0 Å². The molecule has 1 aliphatic heterocycles. The molecule has 1 heterocycles. The van der Waals surface area contributed by atoms with Gasteiger partial charge >= 0.3 is 0 Å². The molecule has 1 unspecified atom stereocenters. The number of carbonyl (C=O) groups is 2. The van der Waals surface area contributed by atoms with E-state index in [0.29, 0.717) is 25.1 Å². The molecular weight excluding hydrogens is 338 g/mol. The molecule has 25 heavy (non-hydrogen) atoms. The van der Waals surface area contributed by atoms with Gasteiger partial charge < -0.3 is 16.0 Å². The molecule has 132 valence electrons. The number of hydrogen-bond donors (Lipinski definition) is 2. The zero-order chi connectivity index (χ0) is 16.9. The Labute approximate surface area is 153 Å². The van der Waals surface area contributed by atoms with E-state index in [1.165, 1.54) is 0 Å². The molecule has 0 saturated carbocycles. The molecule has 2 amide bonds. The third-order valence-corrected chi connectivity index (χ3v) is 4.26. The van der Waals surface area contributed by atoms with Crippen molar-refractivity contribution in [1.82, 2.24) is 5.32 Å². The molecule has 0 aromatic heterocycles. The van der Waals surface area contributed by atoms with Crippen LogP contribution < -0.4 is 16.0 Å². The first-order chi connectivity index (χ1) is 11.7. The summed E-state index contributed by atoms with van der Waals surface area (Å²) in [6, 6.07) is 16.2. The Kier molecular flexibility index (Phi) is 6.56.